The van der Waals surface area contributed by atoms with Crippen LogP contribution in [-0.4, -0.2) is 42.9 Å². The van der Waals surface area contributed by atoms with Crippen molar-refractivity contribution in [3.63, 3.8) is 0 Å². The summed E-state index contributed by atoms with van der Waals surface area (Å²) in [5.41, 5.74) is 1.07. The molecule has 1 aliphatic rings. The summed E-state index contributed by atoms with van der Waals surface area (Å²) in [5, 5.41) is 10.1. The summed E-state index contributed by atoms with van der Waals surface area (Å²) in [7, 11) is 1.58. The van der Waals surface area contributed by atoms with Crippen LogP contribution in [0.15, 0.2) is 12.1 Å². The van der Waals surface area contributed by atoms with E-state index in [1.165, 1.54) is 0 Å². The van der Waals surface area contributed by atoms with Crippen molar-refractivity contribution in [1.82, 2.24) is 4.90 Å². The number of aliphatic hydroxyl groups excluding tert-OH is 1. The van der Waals surface area contributed by atoms with Crippen molar-refractivity contribution < 1.29 is 14.6 Å². The van der Waals surface area contributed by atoms with Crippen LogP contribution in [0.3, 0.4) is 0 Å². The summed E-state index contributed by atoms with van der Waals surface area (Å²) in [4.78, 5) is 2.21. The minimum absolute atomic E-state index is 0.208. The van der Waals surface area contributed by atoms with E-state index in [2.05, 4.69) is 4.90 Å². The van der Waals surface area contributed by atoms with E-state index < -0.39 is 0 Å². The molecule has 0 unspecified atom stereocenters. The first-order chi connectivity index (χ1) is 9.13. The van der Waals surface area contributed by atoms with Gasteiger partial charge in [-0.3, -0.25) is 4.90 Å². The summed E-state index contributed by atoms with van der Waals surface area (Å²) in [6.07, 6.45) is 0.627. The fourth-order valence-corrected chi connectivity index (χ4v) is 2.70. The molecular formula is C14H20ClNO3. The van der Waals surface area contributed by atoms with Crippen LogP contribution in [0.1, 0.15) is 18.9 Å². The Morgan fingerprint density at radius 2 is 2.26 bits per heavy atom. The molecule has 2 rings (SSSR count). The molecule has 1 aliphatic heterocycles. The number of hydrogen-bond donors (Lipinski definition) is 1. The van der Waals surface area contributed by atoms with Gasteiger partial charge in [0, 0.05) is 19.6 Å². The maximum Gasteiger partial charge on any atom is 0.179 e. The highest BCUT2D eigenvalue weighted by Crippen LogP contribution is 2.36. The minimum Gasteiger partial charge on any atom is -0.491 e. The molecule has 5 heteroatoms. The van der Waals surface area contributed by atoms with Gasteiger partial charge in [0.2, 0.25) is 0 Å². The standard InChI is InChI=1S/C14H20ClNO3/c1-3-19-13-7-10(6-12(15)14(13)18-2)8-16-5-4-11(17)9-16/h6-7,11,17H,3-5,8-9H2,1-2H3/t11-/m1/s1. The van der Waals surface area contributed by atoms with Gasteiger partial charge in [0.25, 0.3) is 0 Å². The highest BCUT2D eigenvalue weighted by Gasteiger charge is 2.21. The molecule has 1 atom stereocenters. The maximum absolute atomic E-state index is 9.54. The maximum atomic E-state index is 9.54. The first-order valence-electron chi connectivity index (χ1n) is 6.53. The second kappa shape index (κ2) is 6.46. The van der Waals surface area contributed by atoms with Crippen LogP contribution in [-0.2, 0) is 6.54 Å². The molecule has 19 heavy (non-hydrogen) atoms. The third kappa shape index (κ3) is 3.53. The summed E-state index contributed by atoms with van der Waals surface area (Å²) < 4.78 is 10.8. The average molecular weight is 286 g/mol. The highest BCUT2D eigenvalue weighted by molar-refractivity contribution is 6.32. The predicted octanol–water partition coefficient (Wildman–Crippen LogP) is 2.31. The largest absolute Gasteiger partial charge is 0.491 e. The Bertz CT molecular complexity index is 439. The smallest absolute Gasteiger partial charge is 0.179 e. The number of benzene rings is 1. The Hall–Kier alpha value is -0.970. The first-order valence-corrected chi connectivity index (χ1v) is 6.91. The average Bonchev–Trinajstić information content (AvgIpc) is 2.75. The summed E-state index contributed by atoms with van der Waals surface area (Å²) >= 11 is 6.21. The van der Waals surface area contributed by atoms with Crippen LogP contribution >= 0.6 is 11.6 Å². The van der Waals surface area contributed by atoms with Gasteiger partial charge in [0.15, 0.2) is 11.5 Å². The van der Waals surface area contributed by atoms with Crippen molar-refractivity contribution in [1.29, 1.82) is 0 Å². The zero-order valence-electron chi connectivity index (χ0n) is 11.4. The lowest BCUT2D eigenvalue weighted by atomic mass is 10.2. The van der Waals surface area contributed by atoms with Crippen LogP contribution in [0.4, 0.5) is 0 Å². The van der Waals surface area contributed by atoms with Crippen LogP contribution in [0, 0.1) is 0 Å². The van der Waals surface area contributed by atoms with Gasteiger partial charge in [0.1, 0.15) is 0 Å². The molecule has 0 amide bonds. The van der Waals surface area contributed by atoms with Crippen molar-refractivity contribution in [2.24, 2.45) is 0 Å². The van der Waals surface area contributed by atoms with Gasteiger partial charge >= 0.3 is 0 Å². The van der Waals surface area contributed by atoms with E-state index in [1.54, 1.807) is 7.11 Å². The minimum atomic E-state index is -0.208. The van der Waals surface area contributed by atoms with Gasteiger partial charge < -0.3 is 14.6 Å². The van der Waals surface area contributed by atoms with Gasteiger partial charge in [-0.05, 0) is 31.0 Å². The number of halogens is 1. The van der Waals surface area contributed by atoms with E-state index in [-0.39, 0.29) is 6.10 Å². The summed E-state index contributed by atoms with van der Waals surface area (Å²) in [6, 6.07) is 3.85. The van der Waals surface area contributed by atoms with E-state index in [4.69, 9.17) is 21.1 Å². The van der Waals surface area contributed by atoms with Crippen LogP contribution in [0.2, 0.25) is 5.02 Å². The molecule has 1 fully saturated rings. The molecule has 106 valence electrons. The van der Waals surface area contributed by atoms with Crippen LogP contribution in [0.5, 0.6) is 11.5 Å². The molecule has 0 aromatic heterocycles. The van der Waals surface area contributed by atoms with Gasteiger partial charge in [-0.15, -0.1) is 0 Å². The van der Waals surface area contributed by atoms with E-state index in [0.717, 1.165) is 25.1 Å². The van der Waals surface area contributed by atoms with E-state index in [9.17, 15) is 5.11 Å². The Morgan fingerprint density at radius 3 is 2.84 bits per heavy atom. The molecule has 1 saturated heterocycles. The number of hydrogen-bond acceptors (Lipinski definition) is 4. The lowest BCUT2D eigenvalue weighted by Crippen LogP contribution is -2.21. The van der Waals surface area contributed by atoms with Gasteiger partial charge in [-0.25, -0.2) is 0 Å². The second-order valence-corrected chi connectivity index (χ2v) is 5.13. The topological polar surface area (TPSA) is 41.9 Å². The van der Waals surface area contributed by atoms with Gasteiger partial charge in [-0.2, -0.15) is 0 Å². The van der Waals surface area contributed by atoms with Crippen molar-refractivity contribution in [2.75, 3.05) is 26.8 Å². The zero-order valence-corrected chi connectivity index (χ0v) is 12.1. The lowest BCUT2D eigenvalue weighted by Gasteiger charge is -2.17. The van der Waals surface area contributed by atoms with E-state index >= 15 is 0 Å². The van der Waals surface area contributed by atoms with Crippen molar-refractivity contribution >= 4 is 11.6 Å². The highest BCUT2D eigenvalue weighted by atomic mass is 35.5. The Labute approximate surface area is 118 Å². The number of methoxy groups -OCH3 is 1. The molecule has 0 aliphatic carbocycles. The summed E-state index contributed by atoms with van der Waals surface area (Å²) in [6.45, 7) is 4.89. The van der Waals surface area contributed by atoms with Gasteiger partial charge in [0.05, 0.1) is 24.8 Å². The molecule has 0 spiro atoms. The van der Waals surface area contributed by atoms with E-state index in [1.807, 2.05) is 19.1 Å². The Balaban J connectivity index is 2.16. The number of aliphatic hydroxyl groups is 1. The molecule has 1 aromatic rings. The van der Waals surface area contributed by atoms with Crippen molar-refractivity contribution in [3.8, 4) is 11.5 Å². The Kier molecular flexibility index (Phi) is 4.91. The van der Waals surface area contributed by atoms with E-state index in [0.29, 0.717) is 29.7 Å². The second-order valence-electron chi connectivity index (χ2n) is 4.72. The molecule has 0 saturated carbocycles. The lowest BCUT2D eigenvalue weighted by molar-refractivity contribution is 0.174. The molecule has 0 bridgehead atoms. The fraction of sp³-hybridized carbons (Fsp3) is 0.571. The number of rotatable bonds is 5. The SMILES string of the molecule is CCOc1cc(CN2CC[C@@H](O)C2)cc(Cl)c1OC. The number of nitrogens with zero attached hydrogens (tertiary/aromatic N) is 1. The molecule has 1 heterocycles. The molecule has 1 aromatic carbocycles. The Morgan fingerprint density at radius 1 is 1.47 bits per heavy atom. The molecule has 4 nitrogen and oxygen atoms in total. The molecule has 0 radical (unpaired) electrons. The number of ether oxygens (including phenoxy) is 2. The monoisotopic (exact) mass is 285 g/mol. The van der Waals surface area contributed by atoms with Crippen molar-refractivity contribution in [2.45, 2.75) is 26.0 Å². The fourth-order valence-electron chi connectivity index (χ4n) is 2.39. The number of β-amino-alcohol motifs (C(OH)–C–C–N with tert-alkyl or cyclic N) is 1. The zero-order chi connectivity index (χ0) is 13.8. The third-order valence-electron chi connectivity index (χ3n) is 3.23. The molecular weight excluding hydrogens is 266 g/mol. The number of likely N-dealkylation sites (tertiary alicyclic amines) is 1. The van der Waals surface area contributed by atoms with Crippen molar-refractivity contribution in [3.05, 3.63) is 22.7 Å². The quantitative estimate of drug-likeness (QED) is 0.901. The predicted molar refractivity (Wildman–Crippen MR) is 75.1 cm³/mol. The van der Waals surface area contributed by atoms with Crippen LogP contribution < -0.4 is 9.47 Å². The van der Waals surface area contributed by atoms with Crippen LogP contribution in [0.25, 0.3) is 0 Å². The molecule has 1 N–H and O–H groups in total. The summed E-state index contributed by atoms with van der Waals surface area (Å²) in [5.74, 6) is 1.25. The normalized spacial score (nSPS) is 19.7. The first kappa shape index (κ1) is 14.4. The third-order valence-corrected chi connectivity index (χ3v) is 3.51. The van der Waals surface area contributed by atoms with Gasteiger partial charge in [-0.1, -0.05) is 11.6 Å².